The van der Waals surface area contributed by atoms with Crippen LogP contribution in [-0.2, 0) is 10.1 Å². The first-order chi connectivity index (χ1) is 4.43. The number of alkyl halides is 2. The molecule has 1 fully saturated rings. The van der Waals surface area contributed by atoms with E-state index < -0.39 is 34.1 Å². The second kappa shape index (κ2) is 2.13. The third kappa shape index (κ3) is 1.13. The number of hydrogen-bond acceptors (Lipinski definition) is 2. The van der Waals surface area contributed by atoms with Gasteiger partial charge in [0.15, 0.2) is 6.17 Å². The molecule has 0 bridgehead atoms. The lowest BCUT2D eigenvalue weighted by molar-refractivity contribution is 0.0718. The van der Waals surface area contributed by atoms with Gasteiger partial charge in [-0.25, -0.2) is 8.78 Å². The van der Waals surface area contributed by atoms with E-state index in [1.54, 1.807) is 0 Å². The highest BCUT2D eigenvalue weighted by atomic mass is 32.2. The summed E-state index contributed by atoms with van der Waals surface area (Å²) in [6, 6.07) is 0. The zero-order chi connectivity index (χ0) is 7.94. The highest BCUT2D eigenvalue weighted by Gasteiger charge is 2.49. The van der Waals surface area contributed by atoms with Crippen LogP contribution in [0.15, 0.2) is 0 Å². The zero-order valence-corrected chi connectivity index (χ0v) is 5.68. The third-order valence-electron chi connectivity index (χ3n) is 1.54. The summed E-state index contributed by atoms with van der Waals surface area (Å²) >= 11 is 0. The van der Waals surface area contributed by atoms with E-state index in [9.17, 15) is 17.2 Å². The first-order valence-corrected chi connectivity index (χ1v) is 4.17. The Hall–Kier alpha value is -0.230. The molecule has 3 unspecified atom stereocenters. The number of hydrogen-bond donors (Lipinski definition) is 1. The van der Waals surface area contributed by atoms with E-state index >= 15 is 0 Å². The van der Waals surface area contributed by atoms with Crippen molar-refractivity contribution in [2.24, 2.45) is 0 Å². The number of halogens is 2. The van der Waals surface area contributed by atoms with Crippen LogP contribution >= 0.6 is 0 Å². The van der Waals surface area contributed by atoms with Crippen LogP contribution < -0.4 is 0 Å². The molecular weight excluding hydrogens is 166 g/mol. The fourth-order valence-electron chi connectivity index (χ4n) is 0.805. The van der Waals surface area contributed by atoms with Crippen molar-refractivity contribution < 1.29 is 21.8 Å². The summed E-state index contributed by atoms with van der Waals surface area (Å²) in [7, 11) is -4.36. The molecule has 1 saturated carbocycles. The largest absolute Gasteiger partial charge is 0.285 e. The second-order valence-corrected chi connectivity index (χ2v) is 3.88. The first-order valence-electron chi connectivity index (χ1n) is 2.67. The predicted molar refractivity (Wildman–Crippen MR) is 29.7 cm³/mol. The van der Waals surface area contributed by atoms with Crippen LogP contribution in [-0.4, -0.2) is 30.6 Å². The standard InChI is InChI=1S/C4H6F2O3S/c5-2-1-3(4(2)6)10(7,8)9/h2-4H,1H2,(H,7,8,9). The molecule has 0 spiro atoms. The second-order valence-electron chi connectivity index (χ2n) is 2.25. The summed E-state index contributed by atoms with van der Waals surface area (Å²) in [5.41, 5.74) is 0. The van der Waals surface area contributed by atoms with Crippen molar-refractivity contribution in [2.75, 3.05) is 0 Å². The van der Waals surface area contributed by atoms with Gasteiger partial charge in [-0.3, -0.25) is 4.55 Å². The fraction of sp³-hybridized carbons (Fsp3) is 1.00. The lowest BCUT2D eigenvalue weighted by Gasteiger charge is -2.31. The van der Waals surface area contributed by atoms with Crippen molar-refractivity contribution in [3.05, 3.63) is 0 Å². The van der Waals surface area contributed by atoms with Gasteiger partial charge in [-0.15, -0.1) is 0 Å². The van der Waals surface area contributed by atoms with Crippen LogP contribution in [0.4, 0.5) is 8.78 Å². The van der Waals surface area contributed by atoms with Crippen molar-refractivity contribution in [3.63, 3.8) is 0 Å². The molecule has 1 rings (SSSR count). The highest BCUT2D eigenvalue weighted by molar-refractivity contribution is 7.86. The van der Waals surface area contributed by atoms with Crippen LogP contribution in [0.5, 0.6) is 0 Å². The highest BCUT2D eigenvalue weighted by Crippen LogP contribution is 2.32. The summed E-state index contributed by atoms with van der Waals surface area (Å²) < 4.78 is 52.5. The van der Waals surface area contributed by atoms with E-state index in [1.165, 1.54) is 0 Å². The summed E-state index contributed by atoms with van der Waals surface area (Å²) in [6.07, 6.45) is -4.21. The maximum atomic E-state index is 12.2. The Morgan fingerprint density at radius 1 is 1.40 bits per heavy atom. The normalized spacial score (nSPS) is 40.9. The molecule has 0 aliphatic heterocycles. The minimum atomic E-state index is -4.36. The summed E-state index contributed by atoms with van der Waals surface area (Å²) in [5, 5.41) is -1.54. The Balaban J connectivity index is 2.65. The molecule has 0 aromatic rings. The smallest absolute Gasteiger partial charge is 0.270 e. The van der Waals surface area contributed by atoms with Crippen molar-refractivity contribution in [3.8, 4) is 0 Å². The van der Waals surface area contributed by atoms with Crippen LogP contribution in [0.2, 0.25) is 0 Å². The molecule has 0 radical (unpaired) electrons. The van der Waals surface area contributed by atoms with E-state index in [-0.39, 0.29) is 0 Å². The van der Waals surface area contributed by atoms with Crippen LogP contribution in [0.1, 0.15) is 6.42 Å². The quantitative estimate of drug-likeness (QED) is 0.579. The number of rotatable bonds is 1. The molecule has 1 aliphatic carbocycles. The molecule has 0 amide bonds. The Kier molecular flexibility index (Phi) is 1.68. The molecule has 0 aromatic heterocycles. The Morgan fingerprint density at radius 3 is 2.00 bits per heavy atom. The van der Waals surface area contributed by atoms with E-state index in [2.05, 4.69) is 0 Å². The first kappa shape index (κ1) is 7.87. The predicted octanol–water partition coefficient (Wildman–Crippen LogP) is 0.323. The van der Waals surface area contributed by atoms with Gasteiger partial charge in [0.2, 0.25) is 0 Å². The van der Waals surface area contributed by atoms with Crippen molar-refractivity contribution in [2.45, 2.75) is 24.0 Å². The van der Waals surface area contributed by atoms with Gasteiger partial charge in [0, 0.05) is 6.42 Å². The Bertz CT molecular complexity index is 225. The van der Waals surface area contributed by atoms with Gasteiger partial charge in [0.1, 0.15) is 11.4 Å². The molecule has 3 atom stereocenters. The topological polar surface area (TPSA) is 54.4 Å². The Labute approximate surface area is 56.8 Å². The third-order valence-corrected chi connectivity index (χ3v) is 2.76. The fourth-order valence-corrected chi connectivity index (χ4v) is 1.73. The minimum absolute atomic E-state index is 0.431. The Morgan fingerprint density at radius 2 is 1.90 bits per heavy atom. The SMILES string of the molecule is O=S(=O)(O)C1CC(F)C1F. The lowest BCUT2D eigenvalue weighted by Crippen LogP contribution is -2.49. The van der Waals surface area contributed by atoms with E-state index in [0.717, 1.165) is 0 Å². The van der Waals surface area contributed by atoms with E-state index in [0.29, 0.717) is 0 Å². The maximum Gasteiger partial charge on any atom is 0.270 e. The minimum Gasteiger partial charge on any atom is -0.285 e. The summed E-state index contributed by atoms with van der Waals surface area (Å²) in [5.74, 6) is 0. The molecular formula is C4H6F2O3S. The molecule has 10 heavy (non-hydrogen) atoms. The molecule has 3 nitrogen and oxygen atoms in total. The summed E-state index contributed by atoms with van der Waals surface area (Å²) in [4.78, 5) is 0. The molecule has 1 N–H and O–H groups in total. The lowest BCUT2D eigenvalue weighted by atomic mass is 9.94. The van der Waals surface area contributed by atoms with Gasteiger partial charge in [0.25, 0.3) is 10.1 Å². The van der Waals surface area contributed by atoms with E-state index in [1.807, 2.05) is 0 Å². The molecule has 0 saturated heterocycles. The monoisotopic (exact) mass is 172 g/mol. The van der Waals surface area contributed by atoms with E-state index in [4.69, 9.17) is 4.55 Å². The molecule has 1 aliphatic rings. The molecule has 0 aromatic carbocycles. The average Bonchev–Trinajstić information content (AvgIpc) is 1.79. The van der Waals surface area contributed by atoms with Gasteiger partial charge in [-0.1, -0.05) is 0 Å². The maximum absolute atomic E-state index is 12.2. The van der Waals surface area contributed by atoms with Gasteiger partial charge in [-0.2, -0.15) is 8.42 Å². The van der Waals surface area contributed by atoms with Gasteiger partial charge in [0.05, 0.1) is 0 Å². The van der Waals surface area contributed by atoms with Gasteiger partial charge >= 0.3 is 0 Å². The molecule has 60 valence electrons. The van der Waals surface area contributed by atoms with Crippen LogP contribution in [0, 0.1) is 0 Å². The van der Waals surface area contributed by atoms with Gasteiger partial charge in [-0.05, 0) is 0 Å². The molecule has 6 heteroatoms. The van der Waals surface area contributed by atoms with Gasteiger partial charge < -0.3 is 0 Å². The van der Waals surface area contributed by atoms with Crippen LogP contribution in [0.3, 0.4) is 0 Å². The van der Waals surface area contributed by atoms with Crippen molar-refractivity contribution in [1.82, 2.24) is 0 Å². The van der Waals surface area contributed by atoms with Crippen molar-refractivity contribution >= 4 is 10.1 Å². The zero-order valence-electron chi connectivity index (χ0n) is 4.87. The summed E-state index contributed by atoms with van der Waals surface area (Å²) in [6.45, 7) is 0. The van der Waals surface area contributed by atoms with Crippen molar-refractivity contribution in [1.29, 1.82) is 0 Å². The van der Waals surface area contributed by atoms with Crippen LogP contribution in [0.25, 0.3) is 0 Å². The molecule has 0 heterocycles. The average molecular weight is 172 g/mol.